The summed E-state index contributed by atoms with van der Waals surface area (Å²) in [5, 5.41) is 2.96. The molecule has 0 radical (unpaired) electrons. The van der Waals surface area contributed by atoms with Gasteiger partial charge in [0.2, 0.25) is 5.91 Å². The predicted molar refractivity (Wildman–Crippen MR) is 103 cm³/mol. The normalized spacial score (nSPS) is 11.0. The average Bonchev–Trinajstić information content (AvgIpc) is 2.67. The van der Waals surface area contributed by atoms with Crippen molar-refractivity contribution in [3.8, 4) is 5.69 Å². The fraction of sp³-hybridized carbons (Fsp3) is 0.250. The van der Waals surface area contributed by atoms with Gasteiger partial charge in [0.1, 0.15) is 12.4 Å². The Morgan fingerprint density at radius 2 is 1.86 bits per heavy atom. The number of benzene rings is 2. The molecule has 3 aromatic rings. The monoisotopic (exact) mass is 385 g/mol. The third kappa shape index (κ3) is 3.86. The van der Waals surface area contributed by atoms with Gasteiger partial charge < -0.3 is 10.1 Å². The molecule has 0 unspecified atom stereocenters. The van der Waals surface area contributed by atoms with Crippen LogP contribution in [0.4, 0.5) is 4.39 Å². The van der Waals surface area contributed by atoms with E-state index in [2.05, 4.69) is 5.32 Å². The molecule has 0 spiro atoms. The van der Waals surface area contributed by atoms with Gasteiger partial charge in [-0.3, -0.25) is 14.2 Å². The maximum absolute atomic E-state index is 13.3. The van der Waals surface area contributed by atoms with Gasteiger partial charge in [0.25, 0.3) is 5.56 Å². The predicted octanol–water partition coefficient (Wildman–Crippen LogP) is 1.36. The number of carbonyl (C=O) groups excluding carboxylic acids is 1. The van der Waals surface area contributed by atoms with Gasteiger partial charge in [0.05, 0.1) is 23.2 Å². The number of carbonyl (C=O) groups is 1. The topological polar surface area (TPSA) is 82.3 Å². The van der Waals surface area contributed by atoms with Gasteiger partial charge in [-0.2, -0.15) is 0 Å². The third-order valence-corrected chi connectivity index (χ3v) is 4.31. The van der Waals surface area contributed by atoms with Gasteiger partial charge in [-0.25, -0.2) is 13.8 Å². The minimum Gasteiger partial charge on any atom is -0.383 e. The minimum atomic E-state index is -0.671. The summed E-state index contributed by atoms with van der Waals surface area (Å²) in [4.78, 5) is 38.3. The summed E-state index contributed by atoms with van der Waals surface area (Å²) in [6.07, 6.45) is 0. The Hall–Kier alpha value is -3.26. The fourth-order valence-corrected chi connectivity index (χ4v) is 2.95. The number of amides is 1. The standard InChI is InChI=1S/C20H20FN3O4/c1-13-3-8-17-16(11-13)19(26)24(15-6-4-14(21)5-7-15)20(27)23(17)12-18(25)22-9-10-28-2/h3-8,11H,9-10,12H2,1-2H3,(H,22,25). The Bertz CT molecular complexity index is 1130. The van der Waals surface area contributed by atoms with E-state index in [1.165, 1.54) is 35.9 Å². The van der Waals surface area contributed by atoms with Crippen molar-refractivity contribution >= 4 is 16.8 Å². The lowest BCUT2D eigenvalue weighted by Gasteiger charge is -2.14. The molecule has 7 nitrogen and oxygen atoms in total. The summed E-state index contributed by atoms with van der Waals surface area (Å²) in [5.41, 5.74) is 0.236. The molecule has 1 amide bonds. The minimum absolute atomic E-state index is 0.230. The smallest absolute Gasteiger partial charge is 0.336 e. The van der Waals surface area contributed by atoms with Crippen molar-refractivity contribution in [3.63, 3.8) is 0 Å². The first-order chi connectivity index (χ1) is 13.4. The molecule has 1 heterocycles. The third-order valence-electron chi connectivity index (χ3n) is 4.31. The number of nitrogens with one attached hydrogen (secondary N) is 1. The maximum atomic E-state index is 13.3. The van der Waals surface area contributed by atoms with Crippen LogP contribution in [-0.2, 0) is 16.1 Å². The van der Waals surface area contributed by atoms with Crippen LogP contribution in [0.25, 0.3) is 16.6 Å². The second kappa shape index (κ2) is 8.18. The van der Waals surface area contributed by atoms with Crippen molar-refractivity contribution < 1.29 is 13.9 Å². The Labute approximate surface area is 160 Å². The molecule has 0 saturated carbocycles. The molecule has 3 rings (SSSR count). The molecule has 0 fully saturated rings. The number of aryl methyl sites for hydroxylation is 1. The Morgan fingerprint density at radius 3 is 2.54 bits per heavy atom. The van der Waals surface area contributed by atoms with E-state index in [1.807, 2.05) is 6.92 Å². The van der Waals surface area contributed by atoms with E-state index >= 15 is 0 Å². The van der Waals surface area contributed by atoms with Gasteiger partial charge in [0.15, 0.2) is 0 Å². The second-order valence-electron chi connectivity index (χ2n) is 6.35. The number of nitrogens with zero attached hydrogens (tertiary/aromatic N) is 2. The molecular formula is C20H20FN3O4. The first-order valence-corrected chi connectivity index (χ1v) is 8.70. The Kier molecular flexibility index (Phi) is 5.70. The highest BCUT2D eigenvalue weighted by atomic mass is 19.1. The first kappa shape index (κ1) is 19.5. The number of fused-ring (bicyclic) bond motifs is 1. The molecule has 2 aromatic carbocycles. The van der Waals surface area contributed by atoms with Crippen LogP contribution in [0.5, 0.6) is 0 Å². The van der Waals surface area contributed by atoms with Crippen molar-refractivity contribution in [2.24, 2.45) is 0 Å². The molecule has 0 atom stereocenters. The van der Waals surface area contributed by atoms with Gasteiger partial charge in [-0.05, 0) is 43.3 Å². The maximum Gasteiger partial charge on any atom is 0.336 e. The van der Waals surface area contributed by atoms with E-state index in [0.717, 1.165) is 10.1 Å². The van der Waals surface area contributed by atoms with Crippen LogP contribution >= 0.6 is 0 Å². The zero-order chi connectivity index (χ0) is 20.3. The lowest BCUT2D eigenvalue weighted by atomic mass is 10.1. The molecule has 28 heavy (non-hydrogen) atoms. The van der Waals surface area contributed by atoms with Crippen molar-refractivity contribution in [2.45, 2.75) is 13.5 Å². The van der Waals surface area contributed by atoms with Crippen LogP contribution < -0.4 is 16.6 Å². The van der Waals surface area contributed by atoms with E-state index in [1.54, 1.807) is 18.2 Å². The van der Waals surface area contributed by atoms with Crippen molar-refractivity contribution in [1.29, 1.82) is 0 Å². The zero-order valence-corrected chi connectivity index (χ0v) is 15.6. The number of rotatable bonds is 6. The van der Waals surface area contributed by atoms with Crippen LogP contribution in [0.15, 0.2) is 52.1 Å². The quantitative estimate of drug-likeness (QED) is 0.650. The van der Waals surface area contributed by atoms with Crippen molar-refractivity contribution in [2.75, 3.05) is 20.3 Å². The summed E-state index contributed by atoms with van der Waals surface area (Å²) in [6, 6.07) is 10.1. The van der Waals surface area contributed by atoms with Gasteiger partial charge in [-0.15, -0.1) is 0 Å². The Morgan fingerprint density at radius 1 is 1.14 bits per heavy atom. The Balaban J connectivity index is 2.19. The van der Waals surface area contributed by atoms with Gasteiger partial charge in [-0.1, -0.05) is 11.6 Å². The molecule has 0 saturated heterocycles. The first-order valence-electron chi connectivity index (χ1n) is 8.70. The number of ether oxygens (including phenoxy) is 1. The summed E-state index contributed by atoms with van der Waals surface area (Å²) in [7, 11) is 1.52. The summed E-state index contributed by atoms with van der Waals surface area (Å²) in [5.74, 6) is -0.864. The van der Waals surface area contributed by atoms with Crippen LogP contribution in [0.2, 0.25) is 0 Å². The van der Waals surface area contributed by atoms with E-state index in [-0.39, 0.29) is 18.1 Å². The molecular weight excluding hydrogens is 365 g/mol. The molecule has 1 aromatic heterocycles. The SMILES string of the molecule is COCCNC(=O)Cn1c(=O)n(-c2ccc(F)cc2)c(=O)c2cc(C)ccc21. The average molecular weight is 385 g/mol. The summed E-state index contributed by atoms with van der Waals surface area (Å²) >= 11 is 0. The molecule has 0 aliphatic rings. The highest BCUT2D eigenvalue weighted by molar-refractivity contribution is 5.82. The second-order valence-corrected chi connectivity index (χ2v) is 6.35. The molecule has 0 aliphatic carbocycles. The molecule has 8 heteroatoms. The van der Waals surface area contributed by atoms with Crippen molar-refractivity contribution in [1.82, 2.24) is 14.5 Å². The highest BCUT2D eigenvalue weighted by Crippen LogP contribution is 2.13. The lowest BCUT2D eigenvalue weighted by molar-refractivity contribution is -0.121. The largest absolute Gasteiger partial charge is 0.383 e. The number of hydrogen-bond donors (Lipinski definition) is 1. The van der Waals surface area contributed by atoms with Gasteiger partial charge in [0, 0.05) is 13.7 Å². The molecule has 0 bridgehead atoms. The number of aromatic nitrogens is 2. The number of methoxy groups -OCH3 is 1. The highest BCUT2D eigenvalue weighted by Gasteiger charge is 2.16. The molecule has 0 aliphatic heterocycles. The van der Waals surface area contributed by atoms with E-state index in [9.17, 15) is 18.8 Å². The van der Waals surface area contributed by atoms with Crippen LogP contribution in [0.1, 0.15) is 5.56 Å². The lowest BCUT2D eigenvalue weighted by Crippen LogP contribution is -2.42. The van der Waals surface area contributed by atoms with Gasteiger partial charge >= 0.3 is 5.69 Å². The van der Waals surface area contributed by atoms with Crippen LogP contribution in [-0.4, -0.2) is 35.3 Å². The van der Waals surface area contributed by atoms with E-state index in [0.29, 0.717) is 24.1 Å². The van der Waals surface area contributed by atoms with E-state index < -0.39 is 17.1 Å². The van der Waals surface area contributed by atoms with Crippen molar-refractivity contribution in [3.05, 3.63) is 74.7 Å². The van der Waals surface area contributed by atoms with E-state index in [4.69, 9.17) is 4.74 Å². The number of hydrogen-bond acceptors (Lipinski definition) is 4. The number of halogens is 1. The zero-order valence-electron chi connectivity index (χ0n) is 15.6. The fourth-order valence-electron chi connectivity index (χ4n) is 2.95. The summed E-state index contributed by atoms with van der Waals surface area (Å²) in [6.45, 7) is 2.21. The van der Waals surface area contributed by atoms with Crippen LogP contribution in [0, 0.1) is 12.7 Å². The van der Waals surface area contributed by atoms with Crippen LogP contribution in [0.3, 0.4) is 0 Å². The molecule has 146 valence electrons. The summed E-state index contributed by atoms with van der Waals surface area (Å²) < 4.78 is 20.4. The molecule has 1 N–H and O–H groups in total.